The van der Waals surface area contributed by atoms with Crippen LogP contribution in [-0.2, 0) is 12.8 Å². The fraction of sp³-hybridized carbons (Fsp3) is 0.172. The van der Waals surface area contributed by atoms with E-state index >= 15 is 4.39 Å². The van der Waals surface area contributed by atoms with E-state index in [1.807, 2.05) is 43.3 Å². The minimum Gasteiger partial charge on any atom is -0.383 e. The molecule has 0 saturated carbocycles. The van der Waals surface area contributed by atoms with Crippen molar-refractivity contribution < 1.29 is 9.18 Å². The molecule has 0 aliphatic rings. The smallest absolute Gasteiger partial charge is 0.181 e. The average Bonchev–Trinajstić information content (AvgIpc) is 3.37. The third kappa shape index (κ3) is 5.18. The molecule has 37 heavy (non-hydrogen) atoms. The van der Waals surface area contributed by atoms with Gasteiger partial charge in [-0.15, -0.1) is 0 Å². The molecular weight excluding hydrogens is 467 g/mol. The lowest BCUT2D eigenvalue weighted by atomic mass is 9.98. The van der Waals surface area contributed by atoms with Crippen molar-refractivity contribution >= 4 is 28.1 Å². The fourth-order valence-corrected chi connectivity index (χ4v) is 4.40. The fourth-order valence-electron chi connectivity index (χ4n) is 4.40. The second-order valence-corrected chi connectivity index (χ2v) is 8.99. The number of aromatic amines is 1. The van der Waals surface area contributed by atoms with Crippen molar-refractivity contribution in [3.05, 3.63) is 101 Å². The van der Waals surface area contributed by atoms with Gasteiger partial charge in [0, 0.05) is 40.4 Å². The first-order chi connectivity index (χ1) is 17.9. The standard InChI is InChI=1S/C29H27FN6O/c1-3-18-7-10-25(30)24(13-18)26(33-22-8-9-23-20(15-22)11-12-32-28(23)31)16-27-34-29(36-35-27)21-6-4-5-19(14-21)17(2)37/h4-15,26,33H,3,16H2,1-2H3,(H2,31,32)(H,34,35,36). The number of ketones is 1. The van der Waals surface area contributed by atoms with E-state index in [0.717, 1.165) is 34.0 Å². The molecule has 0 fully saturated rings. The first-order valence-electron chi connectivity index (χ1n) is 12.1. The van der Waals surface area contributed by atoms with E-state index in [2.05, 4.69) is 25.5 Å². The molecule has 4 N–H and O–H groups in total. The Labute approximate surface area is 214 Å². The molecule has 2 aromatic heterocycles. The number of carbonyl (C=O) groups is 1. The summed E-state index contributed by atoms with van der Waals surface area (Å²) in [4.78, 5) is 20.6. The highest BCUT2D eigenvalue weighted by Crippen LogP contribution is 2.29. The molecule has 0 aliphatic heterocycles. The van der Waals surface area contributed by atoms with Gasteiger partial charge in [0.2, 0.25) is 0 Å². The maximum Gasteiger partial charge on any atom is 0.181 e. The van der Waals surface area contributed by atoms with Crippen molar-refractivity contribution in [1.29, 1.82) is 0 Å². The maximum absolute atomic E-state index is 15.1. The Hall–Kier alpha value is -4.59. The van der Waals surface area contributed by atoms with Gasteiger partial charge in [0.1, 0.15) is 17.5 Å². The number of fused-ring (bicyclic) bond motifs is 1. The van der Waals surface area contributed by atoms with Crippen LogP contribution < -0.4 is 11.1 Å². The summed E-state index contributed by atoms with van der Waals surface area (Å²) in [6, 6.07) is 19.7. The lowest BCUT2D eigenvalue weighted by molar-refractivity contribution is 0.101. The predicted molar refractivity (Wildman–Crippen MR) is 144 cm³/mol. The van der Waals surface area contributed by atoms with Crippen LogP contribution in [0.5, 0.6) is 0 Å². The molecule has 5 rings (SSSR count). The van der Waals surface area contributed by atoms with Gasteiger partial charge in [-0.05, 0) is 60.7 Å². The zero-order chi connectivity index (χ0) is 25.9. The van der Waals surface area contributed by atoms with Crippen LogP contribution in [0.15, 0.2) is 72.9 Å². The number of anilines is 2. The van der Waals surface area contributed by atoms with Gasteiger partial charge in [-0.25, -0.2) is 14.4 Å². The second-order valence-electron chi connectivity index (χ2n) is 8.99. The van der Waals surface area contributed by atoms with Crippen molar-refractivity contribution in [2.45, 2.75) is 32.7 Å². The number of nitrogens with one attached hydrogen (secondary N) is 2. The summed E-state index contributed by atoms with van der Waals surface area (Å²) in [5.74, 6) is 1.22. The van der Waals surface area contributed by atoms with Crippen LogP contribution in [0.1, 0.15) is 47.2 Å². The van der Waals surface area contributed by atoms with Gasteiger partial charge in [0.05, 0.1) is 6.04 Å². The summed E-state index contributed by atoms with van der Waals surface area (Å²) in [5, 5.41) is 12.6. The first-order valence-corrected chi connectivity index (χ1v) is 12.1. The summed E-state index contributed by atoms with van der Waals surface area (Å²) < 4.78 is 15.1. The Kier molecular flexibility index (Phi) is 6.64. The molecule has 1 atom stereocenters. The highest BCUT2D eigenvalue weighted by atomic mass is 19.1. The number of carbonyl (C=O) groups excluding carboxylic acids is 1. The summed E-state index contributed by atoms with van der Waals surface area (Å²) >= 11 is 0. The van der Waals surface area contributed by atoms with Crippen LogP contribution >= 0.6 is 0 Å². The van der Waals surface area contributed by atoms with Crippen molar-refractivity contribution in [2.75, 3.05) is 11.1 Å². The van der Waals surface area contributed by atoms with E-state index in [1.165, 1.54) is 13.0 Å². The molecule has 3 aromatic carbocycles. The van der Waals surface area contributed by atoms with Crippen molar-refractivity contribution in [3.8, 4) is 11.4 Å². The number of hydrogen-bond donors (Lipinski definition) is 3. The van der Waals surface area contributed by atoms with E-state index in [0.29, 0.717) is 35.0 Å². The lowest BCUT2D eigenvalue weighted by Crippen LogP contribution is -2.16. The number of aromatic nitrogens is 4. The number of pyridine rings is 1. The zero-order valence-electron chi connectivity index (χ0n) is 20.6. The summed E-state index contributed by atoms with van der Waals surface area (Å²) in [5.41, 5.74) is 9.74. The molecule has 0 aliphatic carbocycles. The quantitative estimate of drug-likeness (QED) is 0.232. The minimum absolute atomic E-state index is 0.0268. The number of halogens is 1. The topological polar surface area (TPSA) is 110 Å². The lowest BCUT2D eigenvalue weighted by Gasteiger charge is -2.21. The van der Waals surface area contributed by atoms with Crippen molar-refractivity contribution in [1.82, 2.24) is 20.2 Å². The Bertz CT molecular complexity index is 1590. The molecule has 8 heteroatoms. The van der Waals surface area contributed by atoms with Crippen LogP contribution in [-0.4, -0.2) is 25.9 Å². The Balaban J connectivity index is 1.49. The van der Waals surface area contributed by atoms with E-state index in [9.17, 15) is 4.79 Å². The van der Waals surface area contributed by atoms with Gasteiger partial charge in [-0.2, -0.15) is 5.10 Å². The summed E-state index contributed by atoms with van der Waals surface area (Å²) in [6.07, 6.45) is 2.82. The highest BCUT2D eigenvalue weighted by Gasteiger charge is 2.20. The average molecular weight is 495 g/mol. The summed E-state index contributed by atoms with van der Waals surface area (Å²) in [7, 11) is 0. The van der Waals surface area contributed by atoms with Gasteiger partial charge in [-0.3, -0.25) is 9.89 Å². The first kappa shape index (κ1) is 24.1. The number of Topliss-reactive ketones (excluding diaryl/α,β-unsaturated/α-hetero) is 1. The molecule has 186 valence electrons. The number of nitrogen functional groups attached to an aromatic ring is 1. The van der Waals surface area contributed by atoms with Crippen LogP contribution in [0.25, 0.3) is 22.2 Å². The van der Waals surface area contributed by atoms with Gasteiger partial charge < -0.3 is 11.1 Å². The summed E-state index contributed by atoms with van der Waals surface area (Å²) in [6.45, 7) is 3.56. The second kappa shape index (κ2) is 10.2. The van der Waals surface area contributed by atoms with E-state index in [-0.39, 0.29) is 11.6 Å². The van der Waals surface area contributed by atoms with Gasteiger partial charge in [-0.1, -0.05) is 37.3 Å². The minimum atomic E-state index is -0.424. The van der Waals surface area contributed by atoms with Crippen molar-refractivity contribution in [3.63, 3.8) is 0 Å². The Morgan fingerprint density at radius 1 is 1.11 bits per heavy atom. The number of nitrogens with zero attached hydrogens (tertiary/aromatic N) is 3. The zero-order valence-corrected chi connectivity index (χ0v) is 20.6. The van der Waals surface area contributed by atoms with E-state index < -0.39 is 6.04 Å². The third-order valence-corrected chi connectivity index (χ3v) is 6.44. The van der Waals surface area contributed by atoms with Gasteiger partial charge >= 0.3 is 0 Å². The molecule has 1 unspecified atom stereocenters. The largest absolute Gasteiger partial charge is 0.383 e. The molecule has 0 amide bonds. The molecule has 0 bridgehead atoms. The van der Waals surface area contributed by atoms with Crippen LogP contribution in [0.4, 0.5) is 15.9 Å². The van der Waals surface area contributed by atoms with Crippen LogP contribution in [0, 0.1) is 5.82 Å². The molecule has 0 saturated heterocycles. The van der Waals surface area contributed by atoms with Crippen LogP contribution in [0.2, 0.25) is 0 Å². The monoisotopic (exact) mass is 494 g/mol. The van der Waals surface area contributed by atoms with Gasteiger partial charge in [0.15, 0.2) is 11.6 Å². The Morgan fingerprint density at radius 2 is 1.97 bits per heavy atom. The molecule has 2 heterocycles. The van der Waals surface area contributed by atoms with Gasteiger partial charge in [0.25, 0.3) is 0 Å². The number of benzene rings is 3. The maximum atomic E-state index is 15.1. The van der Waals surface area contributed by atoms with Crippen molar-refractivity contribution in [2.24, 2.45) is 0 Å². The number of hydrogen-bond acceptors (Lipinski definition) is 6. The molecule has 0 radical (unpaired) electrons. The number of H-pyrrole nitrogens is 1. The number of rotatable bonds is 8. The molecule has 0 spiro atoms. The number of nitrogens with two attached hydrogens (primary N) is 1. The molecule has 7 nitrogen and oxygen atoms in total. The molecule has 5 aromatic rings. The van der Waals surface area contributed by atoms with E-state index in [1.54, 1.807) is 30.5 Å². The highest BCUT2D eigenvalue weighted by molar-refractivity contribution is 5.95. The SMILES string of the molecule is CCc1ccc(F)c(C(Cc2nc(-c3cccc(C(C)=O)c3)n[nH]2)Nc2ccc3c(N)nccc3c2)c1. The van der Waals surface area contributed by atoms with E-state index in [4.69, 9.17) is 5.73 Å². The third-order valence-electron chi connectivity index (χ3n) is 6.44. The Morgan fingerprint density at radius 3 is 2.78 bits per heavy atom. The van der Waals surface area contributed by atoms with Crippen LogP contribution in [0.3, 0.4) is 0 Å². The predicted octanol–water partition coefficient (Wildman–Crippen LogP) is 5.90. The molecular formula is C29H27FN6O. The number of aryl methyl sites for hydroxylation is 1. The normalized spacial score (nSPS) is 12.0.